The van der Waals surface area contributed by atoms with E-state index in [1.807, 2.05) is 13.0 Å². The van der Waals surface area contributed by atoms with Gasteiger partial charge in [0.05, 0.1) is 4.92 Å². The number of rotatable bonds is 5. The summed E-state index contributed by atoms with van der Waals surface area (Å²) in [5.41, 5.74) is 1.00. The molecule has 1 aromatic carbocycles. The minimum absolute atomic E-state index is 0.213. The summed E-state index contributed by atoms with van der Waals surface area (Å²) < 4.78 is 0. The number of para-hydroxylation sites is 1. The molecule has 14 heavy (non-hydrogen) atoms. The van der Waals surface area contributed by atoms with Crippen molar-refractivity contribution in [1.82, 2.24) is 5.32 Å². The molecule has 1 aromatic rings. The Morgan fingerprint density at radius 3 is 2.79 bits per heavy atom. The Balaban J connectivity index is 2.69. The number of hydrogen-bond donors (Lipinski definition) is 1. The van der Waals surface area contributed by atoms with Crippen molar-refractivity contribution < 1.29 is 4.92 Å². The van der Waals surface area contributed by atoms with E-state index >= 15 is 0 Å². The molecule has 0 unspecified atom stereocenters. The lowest BCUT2D eigenvalue weighted by atomic mass is 10.1. The fraction of sp³-hybridized carbons (Fsp3) is 0.400. The van der Waals surface area contributed by atoms with E-state index in [1.54, 1.807) is 18.2 Å². The van der Waals surface area contributed by atoms with Crippen molar-refractivity contribution in [3.63, 3.8) is 0 Å². The number of nitrogens with one attached hydrogen (secondary N) is 1. The van der Waals surface area contributed by atoms with Gasteiger partial charge >= 0.3 is 0 Å². The molecule has 0 bridgehead atoms. The van der Waals surface area contributed by atoms with Gasteiger partial charge in [-0.2, -0.15) is 0 Å². The second-order valence-electron chi connectivity index (χ2n) is 2.99. The third-order valence-electron chi connectivity index (χ3n) is 2.01. The Morgan fingerprint density at radius 2 is 2.14 bits per heavy atom. The van der Waals surface area contributed by atoms with Crippen LogP contribution in [0.5, 0.6) is 0 Å². The van der Waals surface area contributed by atoms with Crippen LogP contribution in [0.15, 0.2) is 24.3 Å². The van der Waals surface area contributed by atoms with Gasteiger partial charge in [0, 0.05) is 11.6 Å². The molecule has 0 atom stereocenters. The number of nitrogens with zero attached hydrogens (tertiary/aromatic N) is 1. The van der Waals surface area contributed by atoms with Crippen molar-refractivity contribution in [2.75, 3.05) is 13.1 Å². The van der Waals surface area contributed by atoms with Crippen LogP contribution >= 0.6 is 0 Å². The topological polar surface area (TPSA) is 55.2 Å². The molecule has 0 aliphatic heterocycles. The Morgan fingerprint density at radius 1 is 1.43 bits per heavy atom. The SMILES string of the molecule is CCNCCc1ccccc1[N+](=O)[O-]. The minimum atomic E-state index is -0.332. The second kappa shape index (κ2) is 5.34. The molecule has 0 spiro atoms. The fourth-order valence-electron chi connectivity index (χ4n) is 1.30. The van der Waals surface area contributed by atoms with Crippen molar-refractivity contribution in [1.29, 1.82) is 0 Å². The molecule has 1 rings (SSSR count). The lowest BCUT2D eigenvalue weighted by Crippen LogP contribution is -2.16. The van der Waals surface area contributed by atoms with Crippen LogP contribution in [0.3, 0.4) is 0 Å². The average Bonchev–Trinajstić information content (AvgIpc) is 2.19. The van der Waals surface area contributed by atoms with Gasteiger partial charge in [0.1, 0.15) is 0 Å². The number of benzene rings is 1. The van der Waals surface area contributed by atoms with Crippen LogP contribution in [0.25, 0.3) is 0 Å². The van der Waals surface area contributed by atoms with E-state index in [1.165, 1.54) is 0 Å². The Hall–Kier alpha value is -1.42. The monoisotopic (exact) mass is 194 g/mol. The number of hydrogen-bond acceptors (Lipinski definition) is 3. The fourth-order valence-corrected chi connectivity index (χ4v) is 1.30. The lowest BCUT2D eigenvalue weighted by Gasteiger charge is -2.02. The first-order chi connectivity index (χ1) is 6.75. The second-order valence-corrected chi connectivity index (χ2v) is 2.99. The summed E-state index contributed by atoms with van der Waals surface area (Å²) in [6.07, 6.45) is 0.699. The summed E-state index contributed by atoms with van der Waals surface area (Å²) >= 11 is 0. The molecule has 0 saturated heterocycles. The van der Waals surface area contributed by atoms with Crippen molar-refractivity contribution in [3.8, 4) is 0 Å². The summed E-state index contributed by atoms with van der Waals surface area (Å²) in [6, 6.07) is 6.86. The van der Waals surface area contributed by atoms with Crippen LogP contribution in [0.4, 0.5) is 5.69 Å². The average molecular weight is 194 g/mol. The molecule has 0 aliphatic carbocycles. The van der Waals surface area contributed by atoms with Gasteiger partial charge in [-0.25, -0.2) is 0 Å². The van der Waals surface area contributed by atoms with Crippen molar-refractivity contribution in [2.45, 2.75) is 13.3 Å². The van der Waals surface area contributed by atoms with E-state index in [-0.39, 0.29) is 10.6 Å². The third kappa shape index (κ3) is 2.81. The van der Waals surface area contributed by atoms with Gasteiger partial charge in [-0.15, -0.1) is 0 Å². The van der Waals surface area contributed by atoms with Gasteiger partial charge in [-0.05, 0) is 19.5 Å². The first-order valence-corrected chi connectivity index (χ1v) is 4.68. The van der Waals surface area contributed by atoms with E-state index in [0.717, 1.165) is 18.7 Å². The first-order valence-electron chi connectivity index (χ1n) is 4.68. The maximum absolute atomic E-state index is 10.6. The molecular formula is C10H14N2O2. The molecule has 4 nitrogen and oxygen atoms in total. The normalized spacial score (nSPS) is 10.1. The van der Waals surface area contributed by atoms with Crippen molar-refractivity contribution in [2.24, 2.45) is 0 Å². The van der Waals surface area contributed by atoms with E-state index in [9.17, 15) is 10.1 Å². The largest absolute Gasteiger partial charge is 0.317 e. The zero-order chi connectivity index (χ0) is 10.4. The van der Waals surface area contributed by atoms with Gasteiger partial charge in [-0.3, -0.25) is 10.1 Å². The maximum Gasteiger partial charge on any atom is 0.272 e. The number of nitro benzene ring substituents is 1. The van der Waals surface area contributed by atoms with Gasteiger partial charge in [0.15, 0.2) is 0 Å². The van der Waals surface area contributed by atoms with Crippen LogP contribution < -0.4 is 5.32 Å². The summed E-state index contributed by atoms with van der Waals surface area (Å²) in [6.45, 7) is 3.68. The van der Waals surface area contributed by atoms with Crippen LogP contribution in [0.2, 0.25) is 0 Å². The predicted molar refractivity (Wildman–Crippen MR) is 55.3 cm³/mol. The van der Waals surface area contributed by atoms with Crippen LogP contribution in [-0.4, -0.2) is 18.0 Å². The molecular weight excluding hydrogens is 180 g/mol. The van der Waals surface area contributed by atoms with E-state index in [2.05, 4.69) is 5.32 Å². The van der Waals surface area contributed by atoms with Gasteiger partial charge in [0.2, 0.25) is 0 Å². The molecule has 1 N–H and O–H groups in total. The third-order valence-corrected chi connectivity index (χ3v) is 2.01. The highest BCUT2D eigenvalue weighted by Gasteiger charge is 2.10. The molecule has 0 saturated carbocycles. The van der Waals surface area contributed by atoms with Crippen molar-refractivity contribution >= 4 is 5.69 Å². The Labute approximate surface area is 83.1 Å². The highest BCUT2D eigenvalue weighted by Crippen LogP contribution is 2.17. The van der Waals surface area contributed by atoms with Gasteiger partial charge in [0.25, 0.3) is 5.69 Å². The smallest absolute Gasteiger partial charge is 0.272 e. The molecule has 0 fully saturated rings. The molecule has 0 amide bonds. The molecule has 0 aromatic heterocycles. The Bertz CT molecular complexity index is 313. The standard InChI is InChI=1S/C10H14N2O2/c1-2-11-8-7-9-5-3-4-6-10(9)12(13)14/h3-6,11H,2,7-8H2,1H3. The van der Waals surface area contributed by atoms with Gasteiger partial charge in [-0.1, -0.05) is 25.1 Å². The lowest BCUT2D eigenvalue weighted by molar-refractivity contribution is -0.385. The van der Waals surface area contributed by atoms with Crippen LogP contribution in [-0.2, 0) is 6.42 Å². The number of likely N-dealkylation sites (N-methyl/N-ethyl adjacent to an activating group) is 1. The highest BCUT2D eigenvalue weighted by molar-refractivity contribution is 5.39. The van der Waals surface area contributed by atoms with E-state index in [0.29, 0.717) is 6.42 Å². The van der Waals surface area contributed by atoms with E-state index in [4.69, 9.17) is 0 Å². The summed E-state index contributed by atoms with van der Waals surface area (Å²) in [4.78, 5) is 10.3. The summed E-state index contributed by atoms with van der Waals surface area (Å²) in [5, 5.41) is 13.8. The summed E-state index contributed by atoms with van der Waals surface area (Å²) in [7, 11) is 0. The van der Waals surface area contributed by atoms with Crippen molar-refractivity contribution in [3.05, 3.63) is 39.9 Å². The highest BCUT2D eigenvalue weighted by atomic mass is 16.6. The summed E-state index contributed by atoms with van der Waals surface area (Å²) in [5.74, 6) is 0. The van der Waals surface area contributed by atoms with Crippen LogP contribution in [0, 0.1) is 10.1 Å². The zero-order valence-corrected chi connectivity index (χ0v) is 8.19. The first kappa shape index (κ1) is 10.7. The van der Waals surface area contributed by atoms with Gasteiger partial charge < -0.3 is 5.32 Å². The molecule has 76 valence electrons. The quantitative estimate of drug-likeness (QED) is 0.441. The molecule has 0 aliphatic rings. The van der Waals surface area contributed by atoms with E-state index < -0.39 is 0 Å². The number of nitro groups is 1. The molecule has 0 heterocycles. The minimum Gasteiger partial charge on any atom is -0.317 e. The molecule has 0 radical (unpaired) electrons. The maximum atomic E-state index is 10.6. The van der Waals surface area contributed by atoms with Crippen LogP contribution in [0.1, 0.15) is 12.5 Å². The Kier molecular flexibility index (Phi) is 4.07. The molecule has 4 heteroatoms. The predicted octanol–water partition coefficient (Wildman–Crippen LogP) is 1.75. The zero-order valence-electron chi connectivity index (χ0n) is 8.19.